The Morgan fingerprint density at radius 1 is 1.62 bits per heavy atom. The summed E-state index contributed by atoms with van der Waals surface area (Å²) in [5.41, 5.74) is 1.07. The number of hydrogen-bond donors (Lipinski definition) is 2. The number of aromatic nitrogens is 5. The van der Waals surface area contributed by atoms with Gasteiger partial charge >= 0.3 is 0 Å². The molecule has 7 nitrogen and oxygen atoms in total. The van der Waals surface area contributed by atoms with E-state index in [9.17, 15) is 4.79 Å². The summed E-state index contributed by atoms with van der Waals surface area (Å²) in [5.74, 6) is -0.0234. The van der Waals surface area contributed by atoms with Crippen LogP contribution in [0.5, 0.6) is 0 Å². The molecule has 0 aliphatic rings. The van der Waals surface area contributed by atoms with E-state index in [1.165, 1.54) is 6.33 Å². The standard InChI is InChI=1S/C9H12N6O/c1-15-7(3-5-13-15)2-4-10-9(16)8-11-6-12-14-8/h3,5-6H,2,4H2,1H3,(H,10,16)(H,11,12,14). The van der Waals surface area contributed by atoms with Crippen LogP contribution in [-0.4, -0.2) is 37.4 Å². The Labute approximate surface area is 91.9 Å². The normalized spacial score (nSPS) is 10.3. The lowest BCUT2D eigenvalue weighted by atomic mass is 10.3. The van der Waals surface area contributed by atoms with Crippen LogP contribution in [0.4, 0.5) is 0 Å². The van der Waals surface area contributed by atoms with E-state index in [1.807, 2.05) is 13.1 Å². The number of aromatic amines is 1. The molecule has 0 radical (unpaired) electrons. The van der Waals surface area contributed by atoms with Crippen LogP contribution in [-0.2, 0) is 13.5 Å². The van der Waals surface area contributed by atoms with Crippen LogP contribution in [0.2, 0.25) is 0 Å². The van der Waals surface area contributed by atoms with Gasteiger partial charge in [0.15, 0.2) is 0 Å². The number of carbonyl (C=O) groups excluding carboxylic acids is 1. The molecule has 0 saturated carbocycles. The Morgan fingerprint density at radius 2 is 2.50 bits per heavy atom. The van der Waals surface area contributed by atoms with Gasteiger partial charge in [0, 0.05) is 31.9 Å². The second-order valence-electron chi connectivity index (χ2n) is 3.29. The van der Waals surface area contributed by atoms with Crippen molar-refractivity contribution in [1.29, 1.82) is 0 Å². The molecule has 0 aliphatic heterocycles. The van der Waals surface area contributed by atoms with Crippen LogP contribution in [0.15, 0.2) is 18.6 Å². The highest BCUT2D eigenvalue weighted by atomic mass is 16.2. The number of carbonyl (C=O) groups is 1. The Morgan fingerprint density at radius 3 is 3.12 bits per heavy atom. The molecule has 2 heterocycles. The van der Waals surface area contributed by atoms with E-state index in [0.717, 1.165) is 12.1 Å². The Hall–Kier alpha value is -2.18. The van der Waals surface area contributed by atoms with E-state index in [-0.39, 0.29) is 11.7 Å². The summed E-state index contributed by atoms with van der Waals surface area (Å²) >= 11 is 0. The van der Waals surface area contributed by atoms with Crippen molar-refractivity contribution in [3.05, 3.63) is 30.1 Å². The van der Waals surface area contributed by atoms with Crippen LogP contribution < -0.4 is 5.32 Å². The summed E-state index contributed by atoms with van der Waals surface area (Å²) in [6, 6.07) is 1.92. The van der Waals surface area contributed by atoms with Gasteiger partial charge in [-0.3, -0.25) is 14.6 Å². The van der Waals surface area contributed by atoms with E-state index < -0.39 is 0 Å². The maximum absolute atomic E-state index is 11.5. The second kappa shape index (κ2) is 4.56. The summed E-state index contributed by atoms with van der Waals surface area (Å²) in [7, 11) is 1.87. The average Bonchev–Trinajstić information content (AvgIpc) is 2.90. The number of amides is 1. The van der Waals surface area contributed by atoms with Gasteiger partial charge in [0.1, 0.15) is 6.33 Å². The number of aryl methyl sites for hydroxylation is 1. The maximum Gasteiger partial charge on any atom is 0.288 e. The van der Waals surface area contributed by atoms with E-state index in [0.29, 0.717) is 6.54 Å². The first kappa shape index (κ1) is 10.3. The van der Waals surface area contributed by atoms with Gasteiger partial charge in [0.25, 0.3) is 5.91 Å². The summed E-state index contributed by atoms with van der Waals surface area (Å²) in [6.45, 7) is 0.541. The predicted octanol–water partition coefficient (Wildman–Crippen LogP) is -0.489. The van der Waals surface area contributed by atoms with Crippen LogP contribution in [0, 0.1) is 0 Å². The van der Waals surface area contributed by atoms with Crippen molar-refractivity contribution in [1.82, 2.24) is 30.3 Å². The Kier molecular flexibility index (Phi) is 2.95. The molecule has 0 fully saturated rings. The monoisotopic (exact) mass is 220 g/mol. The SMILES string of the molecule is Cn1nccc1CCNC(=O)c1ncn[nH]1. The lowest BCUT2D eigenvalue weighted by Gasteiger charge is -2.03. The molecule has 0 atom stereocenters. The molecule has 0 saturated heterocycles. The van der Waals surface area contributed by atoms with Crippen molar-refractivity contribution in [2.24, 2.45) is 7.05 Å². The molecule has 2 aromatic rings. The zero-order valence-electron chi connectivity index (χ0n) is 8.84. The fourth-order valence-electron chi connectivity index (χ4n) is 1.35. The third-order valence-electron chi connectivity index (χ3n) is 2.22. The lowest BCUT2D eigenvalue weighted by molar-refractivity contribution is 0.0944. The topological polar surface area (TPSA) is 88.5 Å². The molecule has 84 valence electrons. The van der Waals surface area contributed by atoms with Gasteiger partial charge in [-0.1, -0.05) is 0 Å². The van der Waals surface area contributed by atoms with Crippen molar-refractivity contribution < 1.29 is 4.79 Å². The second-order valence-corrected chi connectivity index (χ2v) is 3.29. The Balaban J connectivity index is 1.81. The number of hydrogen-bond acceptors (Lipinski definition) is 4. The predicted molar refractivity (Wildman–Crippen MR) is 55.6 cm³/mol. The van der Waals surface area contributed by atoms with Crippen LogP contribution in [0.3, 0.4) is 0 Å². The lowest BCUT2D eigenvalue weighted by Crippen LogP contribution is -2.27. The molecule has 2 N–H and O–H groups in total. The van der Waals surface area contributed by atoms with E-state index >= 15 is 0 Å². The molecule has 0 unspecified atom stereocenters. The molecule has 7 heteroatoms. The molecule has 16 heavy (non-hydrogen) atoms. The van der Waals surface area contributed by atoms with E-state index in [4.69, 9.17) is 0 Å². The number of H-pyrrole nitrogens is 1. The van der Waals surface area contributed by atoms with Crippen LogP contribution in [0.25, 0.3) is 0 Å². The Bertz CT molecular complexity index is 460. The summed E-state index contributed by atoms with van der Waals surface area (Å²) in [4.78, 5) is 15.2. The molecule has 0 aromatic carbocycles. The van der Waals surface area contributed by atoms with Gasteiger partial charge in [0.2, 0.25) is 5.82 Å². The average molecular weight is 220 g/mol. The molecule has 1 amide bonds. The highest BCUT2D eigenvalue weighted by Gasteiger charge is 2.07. The van der Waals surface area contributed by atoms with Gasteiger partial charge in [-0.25, -0.2) is 4.98 Å². The van der Waals surface area contributed by atoms with E-state index in [2.05, 4.69) is 25.6 Å². The smallest absolute Gasteiger partial charge is 0.288 e. The highest BCUT2D eigenvalue weighted by Crippen LogP contribution is 1.96. The summed E-state index contributed by atoms with van der Waals surface area (Å²) < 4.78 is 1.78. The van der Waals surface area contributed by atoms with Crippen molar-refractivity contribution >= 4 is 5.91 Å². The fourth-order valence-corrected chi connectivity index (χ4v) is 1.35. The van der Waals surface area contributed by atoms with Gasteiger partial charge < -0.3 is 5.32 Å². The fraction of sp³-hybridized carbons (Fsp3) is 0.333. The van der Waals surface area contributed by atoms with Gasteiger partial charge in [-0.2, -0.15) is 10.2 Å². The largest absolute Gasteiger partial charge is 0.349 e. The molecular weight excluding hydrogens is 208 g/mol. The highest BCUT2D eigenvalue weighted by molar-refractivity contribution is 5.90. The van der Waals surface area contributed by atoms with Crippen molar-refractivity contribution in [3.63, 3.8) is 0 Å². The van der Waals surface area contributed by atoms with Crippen molar-refractivity contribution in [2.45, 2.75) is 6.42 Å². The quantitative estimate of drug-likeness (QED) is 0.727. The minimum absolute atomic E-state index is 0.227. The molecule has 0 spiro atoms. The summed E-state index contributed by atoms with van der Waals surface area (Å²) in [5, 5.41) is 12.9. The third kappa shape index (κ3) is 2.25. The number of nitrogens with zero attached hydrogens (tertiary/aromatic N) is 4. The minimum Gasteiger partial charge on any atom is -0.349 e. The third-order valence-corrected chi connectivity index (χ3v) is 2.22. The van der Waals surface area contributed by atoms with E-state index in [1.54, 1.807) is 10.9 Å². The van der Waals surface area contributed by atoms with Crippen LogP contribution in [0.1, 0.15) is 16.3 Å². The zero-order chi connectivity index (χ0) is 11.4. The summed E-state index contributed by atoms with van der Waals surface area (Å²) in [6.07, 6.45) is 3.76. The zero-order valence-corrected chi connectivity index (χ0v) is 8.84. The maximum atomic E-state index is 11.5. The molecule has 2 aromatic heterocycles. The first-order valence-electron chi connectivity index (χ1n) is 4.88. The van der Waals surface area contributed by atoms with Crippen molar-refractivity contribution in [3.8, 4) is 0 Å². The first-order chi connectivity index (χ1) is 7.77. The van der Waals surface area contributed by atoms with Gasteiger partial charge in [0.05, 0.1) is 0 Å². The molecule has 0 aliphatic carbocycles. The van der Waals surface area contributed by atoms with Crippen molar-refractivity contribution in [2.75, 3.05) is 6.54 Å². The molecule has 0 bridgehead atoms. The first-order valence-corrected chi connectivity index (χ1v) is 4.88. The van der Waals surface area contributed by atoms with Gasteiger partial charge in [-0.05, 0) is 6.07 Å². The number of rotatable bonds is 4. The minimum atomic E-state index is -0.250. The van der Waals surface area contributed by atoms with Gasteiger partial charge in [-0.15, -0.1) is 0 Å². The number of nitrogens with one attached hydrogen (secondary N) is 2. The molecular formula is C9H12N6O. The van der Waals surface area contributed by atoms with Crippen LogP contribution >= 0.6 is 0 Å². The molecule has 2 rings (SSSR count).